The van der Waals surface area contributed by atoms with E-state index in [1.807, 2.05) is 13.1 Å². The van der Waals surface area contributed by atoms with E-state index in [-0.39, 0.29) is 10.8 Å². The van der Waals surface area contributed by atoms with Gasteiger partial charge in [-0.1, -0.05) is 17.7 Å². The number of methoxy groups -OCH3 is 1. The minimum absolute atomic E-state index is 0.112. The van der Waals surface area contributed by atoms with Gasteiger partial charge in [0, 0.05) is 0 Å². The van der Waals surface area contributed by atoms with Crippen LogP contribution < -0.4 is 10.1 Å². The molecule has 78 valence electrons. The molecule has 0 unspecified atom stereocenters. The van der Waals surface area contributed by atoms with Crippen molar-refractivity contribution >= 4 is 11.6 Å². The molecule has 0 spiro atoms. The van der Waals surface area contributed by atoms with E-state index in [1.54, 1.807) is 6.07 Å². The molecule has 14 heavy (non-hydrogen) atoms. The number of ether oxygens (including phenoxy) is 1. The van der Waals surface area contributed by atoms with Gasteiger partial charge in [0.1, 0.15) is 16.5 Å². The molecule has 1 rings (SSSR count). The van der Waals surface area contributed by atoms with Crippen LogP contribution in [-0.2, 0) is 6.42 Å². The van der Waals surface area contributed by atoms with Crippen LogP contribution in [0.1, 0.15) is 5.56 Å². The van der Waals surface area contributed by atoms with Gasteiger partial charge in [-0.15, -0.1) is 0 Å². The number of nitrogens with one attached hydrogen (secondary N) is 1. The third-order valence-electron chi connectivity index (χ3n) is 2.03. The number of hydrogen-bond acceptors (Lipinski definition) is 3. The Hall–Kier alpha value is -0.930. The number of phenolic OH excluding ortho intramolecular Hbond substituents is 1. The Morgan fingerprint density at radius 3 is 2.79 bits per heavy atom. The standard InChI is InChI=1S/C10H14ClNO2/c1-12-6-5-7-3-4-8(14-2)9(11)10(7)13/h3-4,12-13H,5-6H2,1-2H3. The summed E-state index contributed by atoms with van der Waals surface area (Å²) in [6.45, 7) is 0.802. The van der Waals surface area contributed by atoms with E-state index in [2.05, 4.69) is 5.32 Å². The van der Waals surface area contributed by atoms with Crippen molar-refractivity contribution in [1.29, 1.82) is 0 Å². The highest BCUT2D eigenvalue weighted by Gasteiger charge is 2.10. The first-order chi connectivity index (χ1) is 6.70. The van der Waals surface area contributed by atoms with Crippen LogP contribution in [0, 0.1) is 0 Å². The molecule has 3 nitrogen and oxygen atoms in total. The second kappa shape index (κ2) is 5.08. The first kappa shape index (κ1) is 11.1. The molecule has 0 bridgehead atoms. The van der Waals surface area contributed by atoms with Crippen molar-refractivity contribution in [3.8, 4) is 11.5 Å². The number of phenols is 1. The number of benzene rings is 1. The molecule has 1 aromatic rings. The number of aromatic hydroxyl groups is 1. The third kappa shape index (κ3) is 2.30. The molecule has 0 radical (unpaired) electrons. The molecule has 0 aliphatic carbocycles. The predicted octanol–water partition coefficient (Wildman–Crippen LogP) is 1.82. The molecule has 0 amide bonds. The van der Waals surface area contributed by atoms with Crippen LogP contribution >= 0.6 is 11.6 Å². The van der Waals surface area contributed by atoms with Crippen LogP contribution in [0.5, 0.6) is 11.5 Å². The minimum atomic E-state index is 0.112. The average Bonchev–Trinajstić information content (AvgIpc) is 2.20. The summed E-state index contributed by atoms with van der Waals surface area (Å²) < 4.78 is 4.98. The van der Waals surface area contributed by atoms with Crippen molar-refractivity contribution in [2.45, 2.75) is 6.42 Å². The number of rotatable bonds is 4. The first-order valence-electron chi connectivity index (χ1n) is 4.39. The fraction of sp³-hybridized carbons (Fsp3) is 0.400. The minimum Gasteiger partial charge on any atom is -0.506 e. The predicted molar refractivity (Wildman–Crippen MR) is 57.3 cm³/mol. The van der Waals surface area contributed by atoms with Crippen LogP contribution in [-0.4, -0.2) is 25.8 Å². The summed E-state index contributed by atoms with van der Waals surface area (Å²) in [6, 6.07) is 3.57. The fourth-order valence-corrected chi connectivity index (χ4v) is 1.47. The Morgan fingerprint density at radius 2 is 2.21 bits per heavy atom. The quantitative estimate of drug-likeness (QED) is 0.805. The normalized spacial score (nSPS) is 10.2. The molecule has 0 saturated heterocycles. The van der Waals surface area contributed by atoms with E-state index in [1.165, 1.54) is 7.11 Å². The monoisotopic (exact) mass is 215 g/mol. The lowest BCUT2D eigenvalue weighted by molar-refractivity contribution is 0.406. The van der Waals surface area contributed by atoms with Crippen LogP contribution in [0.3, 0.4) is 0 Å². The summed E-state index contributed by atoms with van der Waals surface area (Å²) in [7, 11) is 3.39. The highest BCUT2D eigenvalue weighted by atomic mass is 35.5. The Labute approximate surface area is 88.7 Å². The van der Waals surface area contributed by atoms with Gasteiger partial charge in [0.25, 0.3) is 0 Å². The van der Waals surface area contributed by atoms with E-state index >= 15 is 0 Å². The lowest BCUT2D eigenvalue weighted by Crippen LogP contribution is -2.10. The Balaban J connectivity index is 2.92. The van der Waals surface area contributed by atoms with E-state index in [4.69, 9.17) is 16.3 Å². The Bertz CT molecular complexity index is 315. The number of likely N-dealkylation sites (N-methyl/N-ethyl adjacent to an activating group) is 1. The first-order valence-corrected chi connectivity index (χ1v) is 4.77. The fourth-order valence-electron chi connectivity index (χ4n) is 1.21. The summed E-state index contributed by atoms with van der Waals surface area (Å²) in [4.78, 5) is 0. The van der Waals surface area contributed by atoms with Crippen LogP contribution in [0.15, 0.2) is 12.1 Å². The van der Waals surface area contributed by atoms with Gasteiger partial charge in [0.15, 0.2) is 0 Å². The van der Waals surface area contributed by atoms with Crippen molar-refractivity contribution < 1.29 is 9.84 Å². The van der Waals surface area contributed by atoms with Crippen LogP contribution in [0.25, 0.3) is 0 Å². The van der Waals surface area contributed by atoms with E-state index in [0.717, 1.165) is 18.5 Å². The van der Waals surface area contributed by atoms with Gasteiger partial charge in [-0.05, 0) is 31.6 Å². The molecular weight excluding hydrogens is 202 g/mol. The van der Waals surface area contributed by atoms with Gasteiger partial charge in [-0.3, -0.25) is 0 Å². The van der Waals surface area contributed by atoms with Gasteiger partial charge < -0.3 is 15.2 Å². The van der Waals surface area contributed by atoms with Crippen LogP contribution in [0.4, 0.5) is 0 Å². The molecule has 2 N–H and O–H groups in total. The molecule has 4 heteroatoms. The molecular formula is C10H14ClNO2. The van der Waals surface area contributed by atoms with Crippen molar-refractivity contribution in [3.63, 3.8) is 0 Å². The van der Waals surface area contributed by atoms with Gasteiger partial charge in [0.05, 0.1) is 7.11 Å². The van der Waals surface area contributed by atoms with Crippen molar-refractivity contribution in [1.82, 2.24) is 5.32 Å². The molecule has 0 aliphatic rings. The lowest BCUT2D eigenvalue weighted by atomic mass is 10.1. The summed E-state index contributed by atoms with van der Waals surface area (Å²) in [5, 5.41) is 13.0. The maximum Gasteiger partial charge on any atom is 0.141 e. The smallest absolute Gasteiger partial charge is 0.141 e. The zero-order chi connectivity index (χ0) is 10.6. The highest BCUT2D eigenvalue weighted by Crippen LogP contribution is 2.35. The van der Waals surface area contributed by atoms with Crippen molar-refractivity contribution in [2.75, 3.05) is 20.7 Å². The molecule has 0 saturated carbocycles. The van der Waals surface area contributed by atoms with Gasteiger partial charge >= 0.3 is 0 Å². The Kier molecular flexibility index (Phi) is 4.04. The Morgan fingerprint density at radius 1 is 1.50 bits per heavy atom. The summed E-state index contributed by atoms with van der Waals surface area (Å²) in [5.74, 6) is 0.610. The maximum atomic E-state index is 9.70. The highest BCUT2D eigenvalue weighted by molar-refractivity contribution is 6.33. The molecule has 1 aromatic carbocycles. The van der Waals surface area contributed by atoms with E-state index in [0.29, 0.717) is 5.75 Å². The van der Waals surface area contributed by atoms with Crippen LogP contribution in [0.2, 0.25) is 5.02 Å². The largest absolute Gasteiger partial charge is 0.506 e. The van der Waals surface area contributed by atoms with Gasteiger partial charge in [-0.25, -0.2) is 0 Å². The number of hydrogen-bond donors (Lipinski definition) is 2. The topological polar surface area (TPSA) is 41.5 Å². The van der Waals surface area contributed by atoms with Gasteiger partial charge in [0.2, 0.25) is 0 Å². The second-order valence-corrected chi connectivity index (χ2v) is 3.32. The van der Waals surface area contributed by atoms with Gasteiger partial charge in [-0.2, -0.15) is 0 Å². The average molecular weight is 216 g/mol. The molecule has 0 aromatic heterocycles. The molecule has 0 aliphatic heterocycles. The molecule has 0 atom stereocenters. The van der Waals surface area contributed by atoms with Crippen molar-refractivity contribution in [3.05, 3.63) is 22.7 Å². The second-order valence-electron chi connectivity index (χ2n) is 2.94. The summed E-state index contributed by atoms with van der Waals surface area (Å²) >= 11 is 5.88. The zero-order valence-electron chi connectivity index (χ0n) is 8.30. The lowest BCUT2D eigenvalue weighted by Gasteiger charge is -2.09. The third-order valence-corrected chi connectivity index (χ3v) is 2.39. The zero-order valence-corrected chi connectivity index (χ0v) is 9.06. The van der Waals surface area contributed by atoms with E-state index in [9.17, 15) is 5.11 Å². The van der Waals surface area contributed by atoms with E-state index < -0.39 is 0 Å². The molecule has 0 fully saturated rings. The van der Waals surface area contributed by atoms with Crippen molar-refractivity contribution in [2.24, 2.45) is 0 Å². The molecule has 0 heterocycles. The number of halogens is 1. The maximum absolute atomic E-state index is 9.70. The summed E-state index contributed by atoms with van der Waals surface area (Å²) in [5.41, 5.74) is 0.824. The summed E-state index contributed by atoms with van der Waals surface area (Å²) in [6.07, 6.45) is 0.742. The SMILES string of the molecule is CNCCc1ccc(OC)c(Cl)c1O.